The molecule has 2 atom stereocenters. The topological polar surface area (TPSA) is 3.24 Å². The lowest BCUT2D eigenvalue weighted by molar-refractivity contribution is 0.213. The van der Waals surface area contributed by atoms with Crippen LogP contribution in [0.15, 0.2) is 11.6 Å². The Labute approximate surface area is 90.7 Å². The van der Waals surface area contributed by atoms with E-state index < -0.39 is 0 Å². The molecule has 76 valence electrons. The van der Waals surface area contributed by atoms with Crippen LogP contribution in [0.1, 0.15) is 25.7 Å². The lowest BCUT2D eigenvalue weighted by atomic mass is 9.94. The van der Waals surface area contributed by atoms with Crippen LogP contribution in [0.5, 0.6) is 0 Å². The summed E-state index contributed by atoms with van der Waals surface area (Å²) in [4.78, 5) is 2.29. The summed E-state index contributed by atoms with van der Waals surface area (Å²) in [5.41, 5.74) is 1.57. The smallest absolute Gasteiger partial charge is 0.0491 e. The van der Waals surface area contributed by atoms with Crippen molar-refractivity contribution >= 4 is 23.2 Å². The van der Waals surface area contributed by atoms with Crippen molar-refractivity contribution in [3.8, 4) is 0 Å². The van der Waals surface area contributed by atoms with Gasteiger partial charge >= 0.3 is 0 Å². The molecule has 1 rings (SSSR count). The Bertz CT molecular complexity index is 170. The first-order valence-electron chi connectivity index (χ1n) is 4.85. The molecule has 1 nitrogen and oxygen atoms in total. The average Bonchev–Trinajstić information content (AvgIpc) is 2.15. The first kappa shape index (κ1) is 11.4. The highest BCUT2D eigenvalue weighted by Gasteiger charge is 2.25. The average molecular weight is 222 g/mol. The van der Waals surface area contributed by atoms with Gasteiger partial charge in [-0.05, 0) is 19.9 Å². The maximum Gasteiger partial charge on any atom is 0.0491 e. The van der Waals surface area contributed by atoms with E-state index in [1.165, 1.54) is 19.3 Å². The molecule has 1 aliphatic rings. The predicted octanol–water partition coefficient (Wildman–Crippen LogP) is 3.22. The summed E-state index contributed by atoms with van der Waals surface area (Å²) in [5, 5.41) is 0.322. The maximum absolute atomic E-state index is 6.26. The van der Waals surface area contributed by atoms with E-state index in [2.05, 4.69) is 11.9 Å². The number of likely N-dealkylation sites (N-methyl/N-ethyl adjacent to an activating group) is 1. The van der Waals surface area contributed by atoms with E-state index in [1.54, 1.807) is 5.54 Å². The van der Waals surface area contributed by atoms with Gasteiger partial charge in [-0.3, -0.25) is 4.90 Å². The Morgan fingerprint density at radius 2 is 2.08 bits per heavy atom. The number of halogens is 2. The third-order valence-electron chi connectivity index (χ3n) is 2.70. The fourth-order valence-corrected chi connectivity index (χ4v) is 2.46. The van der Waals surface area contributed by atoms with Gasteiger partial charge in [0.25, 0.3) is 0 Å². The number of hydrogen-bond acceptors (Lipinski definition) is 1. The van der Waals surface area contributed by atoms with Gasteiger partial charge in [-0.2, -0.15) is 0 Å². The summed E-state index contributed by atoms with van der Waals surface area (Å²) in [7, 11) is 2.11. The molecule has 1 saturated carbocycles. The lowest BCUT2D eigenvalue weighted by Gasteiger charge is -2.34. The fourth-order valence-electron chi connectivity index (χ4n) is 1.90. The third-order valence-corrected chi connectivity index (χ3v) is 3.38. The van der Waals surface area contributed by atoms with Crippen LogP contribution in [-0.2, 0) is 0 Å². The molecular weight excluding hydrogens is 205 g/mol. The molecule has 0 spiro atoms. The van der Waals surface area contributed by atoms with Crippen LogP contribution in [-0.4, -0.2) is 29.9 Å². The number of nitrogens with zero attached hydrogens (tertiary/aromatic N) is 1. The van der Waals surface area contributed by atoms with E-state index in [-0.39, 0.29) is 0 Å². The van der Waals surface area contributed by atoms with Crippen molar-refractivity contribution in [1.29, 1.82) is 0 Å². The second kappa shape index (κ2) is 5.90. The highest BCUT2D eigenvalue weighted by atomic mass is 35.5. The van der Waals surface area contributed by atoms with Crippen molar-refractivity contribution in [2.24, 2.45) is 0 Å². The zero-order valence-corrected chi connectivity index (χ0v) is 9.56. The van der Waals surface area contributed by atoms with Crippen molar-refractivity contribution < 1.29 is 0 Å². The Morgan fingerprint density at radius 1 is 1.38 bits per heavy atom. The number of alkyl halides is 1. The molecule has 0 N–H and O–H groups in total. The molecule has 0 aromatic rings. The third kappa shape index (κ3) is 3.49. The second-order valence-electron chi connectivity index (χ2n) is 3.67. The largest absolute Gasteiger partial charge is 0.298 e. The SMILES string of the molecule is CN(C/C=C/Cl)C1CCCCC1Cl. The van der Waals surface area contributed by atoms with Crippen LogP contribution in [0.4, 0.5) is 0 Å². The fraction of sp³-hybridized carbons (Fsp3) is 0.800. The summed E-state index contributed by atoms with van der Waals surface area (Å²) in [6, 6.07) is 0.531. The molecule has 0 saturated heterocycles. The van der Waals surface area contributed by atoms with E-state index in [0.717, 1.165) is 13.0 Å². The first-order valence-corrected chi connectivity index (χ1v) is 5.72. The first-order chi connectivity index (χ1) is 6.25. The van der Waals surface area contributed by atoms with Crippen LogP contribution < -0.4 is 0 Å². The Kier molecular flexibility index (Phi) is 5.15. The van der Waals surface area contributed by atoms with E-state index in [0.29, 0.717) is 11.4 Å². The van der Waals surface area contributed by atoms with Gasteiger partial charge in [0.15, 0.2) is 0 Å². The Balaban J connectivity index is 2.38. The van der Waals surface area contributed by atoms with Gasteiger partial charge in [-0.25, -0.2) is 0 Å². The molecule has 0 radical (unpaired) electrons. The number of hydrogen-bond donors (Lipinski definition) is 0. The second-order valence-corrected chi connectivity index (χ2v) is 4.48. The Morgan fingerprint density at radius 3 is 2.69 bits per heavy atom. The molecule has 0 amide bonds. The molecule has 0 aromatic carbocycles. The van der Waals surface area contributed by atoms with Gasteiger partial charge < -0.3 is 0 Å². The standard InChI is InChI=1S/C10H17Cl2N/c1-13(8-4-7-11)10-6-3-2-5-9(10)12/h4,7,9-10H,2-3,5-6,8H2,1H3/b7-4+. The molecule has 0 heterocycles. The van der Waals surface area contributed by atoms with E-state index >= 15 is 0 Å². The molecule has 3 heteroatoms. The van der Waals surface area contributed by atoms with Crippen molar-refractivity contribution in [2.75, 3.05) is 13.6 Å². The zero-order valence-electron chi connectivity index (χ0n) is 8.05. The molecule has 0 bridgehead atoms. The van der Waals surface area contributed by atoms with Crippen molar-refractivity contribution in [3.63, 3.8) is 0 Å². The summed E-state index contributed by atoms with van der Waals surface area (Å²) >= 11 is 11.7. The van der Waals surface area contributed by atoms with E-state index in [9.17, 15) is 0 Å². The summed E-state index contributed by atoms with van der Waals surface area (Å²) < 4.78 is 0. The van der Waals surface area contributed by atoms with Gasteiger partial charge in [0.1, 0.15) is 0 Å². The lowest BCUT2D eigenvalue weighted by Crippen LogP contribution is -2.40. The van der Waals surface area contributed by atoms with Gasteiger partial charge in [0, 0.05) is 23.5 Å². The highest BCUT2D eigenvalue weighted by Crippen LogP contribution is 2.26. The molecular formula is C10H17Cl2N. The van der Waals surface area contributed by atoms with Crippen molar-refractivity contribution in [3.05, 3.63) is 11.6 Å². The molecule has 0 aromatic heterocycles. The highest BCUT2D eigenvalue weighted by molar-refractivity contribution is 6.25. The number of rotatable bonds is 3. The van der Waals surface area contributed by atoms with Crippen LogP contribution in [0, 0.1) is 0 Å². The Hall–Kier alpha value is 0.280. The van der Waals surface area contributed by atoms with Crippen LogP contribution in [0.3, 0.4) is 0 Å². The molecule has 2 unspecified atom stereocenters. The van der Waals surface area contributed by atoms with Gasteiger partial charge in [-0.1, -0.05) is 30.5 Å². The quantitative estimate of drug-likeness (QED) is 0.662. The molecule has 13 heavy (non-hydrogen) atoms. The summed E-state index contributed by atoms with van der Waals surface area (Å²) in [6.45, 7) is 0.900. The normalized spacial score (nSPS) is 30.2. The minimum atomic E-state index is 0.322. The molecule has 0 aliphatic heterocycles. The zero-order chi connectivity index (χ0) is 9.68. The monoisotopic (exact) mass is 221 g/mol. The summed E-state index contributed by atoms with van der Waals surface area (Å²) in [6.07, 6.45) is 6.92. The van der Waals surface area contributed by atoms with Gasteiger partial charge in [0.2, 0.25) is 0 Å². The predicted molar refractivity (Wildman–Crippen MR) is 59.5 cm³/mol. The van der Waals surface area contributed by atoms with Gasteiger partial charge in [-0.15, -0.1) is 11.6 Å². The molecule has 1 fully saturated rings. The van der Waals surface area contributed by atoms with Crippen LogP contribution in [0.2, 0.25) is 0 Å². The van der Waals surface area contributed by atoms with E-state index in [4.69, 9.17) is 23.2 Å². The van der Waals surface area contributed by atoms with Crippen molar-refractivity contribution in [1.82, 2.24) is 4.90 Å². The van der Waals surface area contributed by atoms with Gasteiger partial charge in [0.05, 0.1) is 0 Å². The molecule has 1 aliphatic carbocycles. The summed E-state index contributed by atoms with van der Waals surface area (Å²) in [5.74, 6) is 0. The minimum absolute atomic E-state index is 0.322. The van der Waals surface area contributed by atoms with Crippen LogP contribution >= 0.6 is 23.2 Å². The maximum atomic E-state index is 6.26. The minimum Gasteiger partial charge on any atom is -0.298 e. The van der Waals surface area contributed by atoms with Crippen LogP contribution in [0.25, 0.3) is 0 Å². The van der Waals surface area contributed by atoms with Crippen molar-refractivity contribution in [2.45, 2.75) is 37.1 Å². The van der Waals surface area contributed by atoms with E-state index in [1.807, 2.05) is 6.08 Å².